The molecule has 1 aromatic carbocycles. The molecule has 1 aromatic rings. The average molecular weight is 273 g/mol. The summed E-state index contributed by atoms with van der Waals surface area (Å²) in [4.78, 5) is 11.6. The first-order valence-corrected chi connectivity index (χ1v) is 6.39. The zero-order valence-electron chi connectivity index (χ0n) is 10.6. The molecule has 5 heteroatoms. The van der Waals surface area contributed by atoms with Gasteiger partial charge in [-0.25, -0.2) is 4.39 Å². The lowest BCUT2D eigenvalue weighted by Crippen LogP contribution is -2.36. The Kier molecular flexibility index (Phi) is 5.92. The molecule has 0 fully saturated rings. The zero-order chi connectivity index (χ0) is 13.5. The quantitative estimate of drug-likeness (QED) is 0.835. The Balaban J connectivity index is 2.40. The first-order chi connectivity index (χ1) is 8.52. The fourth-order valence-corrected chi connectivity index (χ4v) is 1.74. The molecule has 0 aliphatic heterocycles. The van der Waals surface area contributed by atoms with Gasteiger partial charge in [0.05, 0.1) is 11.6 Å². The molecule has 0 saturated heterocycles. The van der Waals surface area contributed by atoms with Crippen molar-refractivity contribution in [1.29, 1.82) is 0 Å². The number of carbonyl (C=O) groups is 1. The number of anilines is 1. The largest absolute Gasteiger partial charge is 0.376 e. The lowest BCUT2D eigenvalue weighted by Gasteiger charge is -2.13. The Hall–Kier alpha value is -1.29. The van der Waals surface area contributed by atoms with Crippen LogP contribution in [0.3, 0.4) is 0 Å². The van der Waals surface area contributed by atoms with E-state index in [2.05, 4.69) is 17.6 Å². The van der Waals surface area contributed by atoms with Crippen LogP contribution >= 0.6 is 11.6 Å². The fourth-order valence-electron chi connectivity index (χ4n) is 1.62. The van der Waals surface area contributed by atoms with E-state index in [0.717, 1.165) is 12.8 Å². The smallest absolute Gasteiger partial charge is 0.239 e. The summed E-state index contributed by atoms with van der Waals surface area (Å²) in [5.74, 6) is -0.604. The van der Waals surface area contributed by atoms with Gasteiger partial charge in [0.15, 0.2) is 0 Å². The molecule has 1 rings (SSSR count). The molecule has 1 unspecified atom stereocenters. The second-order valence-corrected chi connectivity index (χ2v) is 4.65. The summed E-state index contributed by atoms with van der Waals surface area (Å²) in [6.07, 6.45) is 1.97. The molecule has 0 aliphatic carbocycles. The minimum Gasteiger partial charge on any atom is -0.376 e. The van der Waals surface area contributed by atoms with Crippen LogP contribution in [0, 0.1) is 5.82 Å². The molecule has 0 aliphatic rings. The van der Waals surface area contributed by atoms with Crippen LogP contribution in [-0.2, 0) is 4.79 Å². The summed E-state index contributed by atoms with van der Waals surface area (Å²) >= 11 is 5.56. The van der Waals surface area contributed by atoms with E-state index in [0.29, 0.717) is 5.69 Å². The van der Waals surface area contributed by atoms with Crippen LogP contribution in [0.4, 0.5) is 10.1 Å². The first-order valence-electron chi connectivity index (χ1n) is 6.01. The third-order valence-corrected chi connectivity index (χ3v) is 2.81. The van der Waals surface area contributed by atoms with Gasteiger partial charge in [0, 0.05) is 11.7 Å². The molecule has 1 amide bonds. The van der Waals surface area contributed by atoms with E-state index in [-0.39, 0.29) is 23.5 Å². The van der Waals surface area contributed by atoms with Gasteiger partial charge in [-0.05, 0) is 31.5 Å². The van der Waals surface area contributed by atoms with Crippen molar-refractivity contribution in [2.45, 2.75) is 32.7 Å². The van der Waals surface area contributed by atoms with Gasteiger partial charge in [0.2, 0.25) is 5.91 Å². The van der Waals surface area contributed by atoms with Crippen molar-refractivity contribution in [2.24, 2.45) is 0 Å². The Morgan fingerprint density at radius 1 is 1.50 bits per heavy atom. The molecule has 1 atom stereocenters. The second-order valence-electron chi connectivity index (χ2n) is 4.24. The van der Waals surface area contributed by atoms with E-state index in [1.54, 1.807) is 6.07 Å². The van der Waals surface area contributed by atoms with Gasteiger partial charge in [-0.1, -0.05) is 24.9 Å². The van der Waals surface area contributed by atoms with Gasteiger partial charge in [0.25, 0.3) is 0 Å². The van der Waals surface area contributed by atoms with Crippen LogP contribution in [-0.4, -0.2) is 18.5 Å². The highest BCUT2D eigenvalue weighted by atomic mass is 35.5. The molecule has 0 bridgehead atoms. The predicted octanol–water partition coefficient (Wildman–Crippen LogP) is 3.20. The van der Waals surface area contributed by atoms with Crippen molar-refractivity contribution in [1.82, 2.24) is 5.32 Å². The van der Waals surface area contributed by atoms with Gasteiger partial charge < -0.3 is 10.6 Å². The monoisotopic (exact) mass is 272 g/mol. The van der Waals surface area contributed by atoms with E-state index < -0.39 is 5.82 Å². The van der Waals surface area contributed by atoms with Crippen molar-refractivity contribution in [3.63, 3.8) is 0 Å². The van der Waals surface area contributed by atoms with Crippen molar-refractivity contribution in [3.8, 4) is 0 Å². The standard InChI is InChI=1S/C13H18ClFN2O/c1-3-4-9(2)17-13(18)8-16-10-5-6-11(14)12(15)7-10/h5-7,9,16H,3-4,8H2,1-2H3,(H,17,18). The van der Waals surface area contributed by atoms with E-state index in [1.165, 1.54) is 12.1 Å². The number of hydrogen-bond acceptors (Lipinski definition) is 2. The minimum atomic E-state index is -0.499. The summed E-state index contributed by atoms with van der Waals surface area (Å²) in [6, 6.07) is 4.52. The van der Waals surface area contributed by atoms with E-state index in [1.807, 2.05) is 6.92 Å². The molecule has 0 aromatic heterocycles. The molecule has 0 radical (unpaired) electrons. The van der Waals surface area contributed by atoms with Crippen LogP contribution < -0.4 is 10.6 Å². The molecule has 3 nitrogen and oxygen atoms in total. The van der Waals surface area contributed by atoms with E-state index >= 15 is 0 Å². The van der Waals surface area contributed by atoms with Crippen LogP contribution in [0.25, 0.3) is 0 Å². The van der Waals surface area contributed by atoms with Gasteiger partial charge >= 0.3 is 0 Å². The molecule has 100 valence electrons. The average Bonchev–Trinajstić information content (AvgIpc) is 2.31. The molecular weight excluding hydrogens is 255 g/mol. The molecular formula is C13H18ClFN2O. The third kappa shape index (κ3) is 4.92. The van der Waals surface area contributed by atoms with Crippen molar-refractivity contribution >= 4 is 23.2 Å². The normalized spacial score (nSPS) is 12.0. The first kappa shape index (κ1) is 14.8. The summed E-state index contributed by atoms with van der Waals surface area (Å²) in [5, 5.41) is 5.78. The van der Waals surface area contributed by atoms with E-state index in [4.69, 9.17) is 11.6 Å². The summed E-state index contributed by atoms with van der Waals surface area (Å²) in [6.45, 7) is 4.15. The molecule has 2 N–H and O–H groups in total. The maximum atomic E-state index is 13.1. The summed E-state index contributed by atoms with van der Waals surface area (Å²) in [7, 11) is 0. The number of benzene rings is 1. The molecule has 18 heavy (non-hydrogen) atoms. The Morgan fingerprint density at radius 2 is 2.22 bits per heavy atom. The summed E-state index contributed by atoms with van der Waals surface area (Å²) in [5.41, 5.74) is 0.537. The Morgan fingerprint density at radius 3 is 2.83 bits per heavy atom. The minimum absolute atomic E-state index is 0.0709. The number of nitrogens with one attached hydrogen (secondary N) is 2. The maximum absolute atomic E-state index is 13.1. The molecule has 0 saturated carbocycles. The maximum Gasteiger partial charge on any atom is 0.239 e. The number of halogens is 2. The van der Waals surface area contributed by atoms with Gasteiger partial charge in [-0.2, -0.15) is 0 Å². The third-order valence-electron chi connectivity index (χ3n) is 2.50. The SMILES string of the molecule is CCCC(C)NC(=O)CNc1ccc(Cl)c(F)c1. The Bertz CT molecular complexity index is 412. The van der Waals surface area contributed by atoms with Gasteiger partial charge in [0.1, 0.15) is 5.82 Å². The molecule has 0 spiro atoms. The number of rotatable bonds is 6. The van der Waals surface area contributed by atoms with Crippen LogP contribution in [0.5, 0.6) is 0 Å². The fraction of sp³-hybridized carbons (Fsp3) is 0.462. The van der Waals surface area contributed by atoms with E-state index in [9.17, 15) is 9.18 Å². The second kappa shape index (κ2) is 7.21. The topological polar surface area (TPSA) is 41.1 Å². The highest BCUT2D eigenvalue weighted by Gasteiger charge is 2.07. The van der Waals surface area contributed by atoms with Crippen molar-refractivity contribution in [3.05, 3.63) is 29.0 Å². The van der Waals surface area contributed by atoms with Crippen LogP contribution in [0.1, 0.15) is 26.7 Å². The highest BCUT2D eigenvalue weighted by Crippen LogP contribution is 2.18. The number of carbonyl (C=O) groups excluding carboxylic acids is 1. The van der Waals surface area contributed by atoms with Crippen molar-refractivity contribution in [2.75, 3.05) is 11.9 Å². The lowest BCUT2D eigenvalue weighted by atomic mass is 10.2. The van der Waals surface area contributed by atoms with Gasteiger partial charge in [-0.15, -0.1) is 0 Å². The number of hydrogen-bond donors (Lipinski definition) is 2. The lowest BCUT2D eigenvalue weighted by molar-refractivity contribution is -0.120. The van der Waals surface area contributed by atoms with Crippen LogP contribution in [0.15, 0.2) is 18.2 Å². The summed E-state index contributed by atoms with van der Waals surface area (Å²) < 4.78 is 13.1. The van der Waals surface area contributed by atoms with Crippen molar-refractivity contribution < 1.29 is 9.18 Å². The Labute approximate surface area is 112 Å². The zero-order valence-corrected chi connectivity index (χ0v) is 11.4. The van der Waals surface area contributed by atoms with Gasteiger partial charge in [-0.3, -0.25) is 4.79 Å². The predicted molar refractivity (Wildman–Crippen MR) is 72.4 cm³/mol. The molecule has 0 heterocycles. The number of amides is 1. The highest BCUT2D eigenvalue weighted by molar-refractivity contribution is 6.30. The van der Waals surface area contributed by atoms with Crippen LogP contribution in [0.2, 0.25) is 5.02 Å².